The molecule has 0 aromatic heterocycles. The van der Waals surface area contributed by atoms with Gasteiger partial charge in [0.05, 0.1) is 6.42 Å². The molecule has 0 heterocycles. The molecular weight excluding hydrogens is 301 g/mol. The minimum Gasteiger partial charge on any atom is -0.455 e. The van der Waals surface area contributed by atoms with E-state index in [1.807, 2.05) is 0 Å². The second-order valence-corrected chi connectivity index (χ2v) is 4.67. The summed E-state index contributed by atoms with van der Waals surface area (Å²) in [6, 6.07) is 13.9. The maximum atomic E-state index is 13.4. The highest BCUT2D eigenvalue weighted by Crippen LogP contribution is 2.07. The molecule has 6 heteroatoms. The van der Waals surface area contributed by atoms with Crippen molar-refractivity contribution in [2.24, 2.45) is 0 Å². The van der Waals surface area contributed by atoms with E-state index in [0.29, 0.717) is 5.56 Å². The van der Waals surface area contributed by atoms with Crippen molar-refractivity contribution in [3.8, 4) is 0 Å². The Balaban J connectivity index is 1.79. The number of ether oxygens (including phenoxy) is 1. The van der Waals surface area contributed by atoms with Crippen LogP contribution in [0.5, 0.6) is 0 Å². The zero-order valence-electron chi connectivity index (χ0n) is 12.1. The molecule has 5 nitrogen and oxygen atoms in total. The number of amides is 2. The van der Waals surface area contributed by atoms with Crippen LogP contribution in [0.1, 0.15) is 15.9 Å². The van der Waals surface area contributed by atoms with Gasteiger partial charge in [0.2, 0.25) is 0 Å². The summed E-state index contributed by atoms with van der Waals surface area (Å²) < 4.78 is 18.1. The standard InChI is InChI=1S/C17H14FNO4/c18-14-9-5-4-8-13(14)10-16(21)23-11-15(20)19-17(22)12-6-2-1-3-7-12/h1-9H,10-11H2,(H,19,20,22). The van der Waals surface area contributed by atoms with Gasteiger partial charge in [0.1, 0.15) is 5.82 Å². The number of carbonyl (C=O) groups excluding carboxylic acids is 3. The summed E-state index contributed by atoms with van der Waals surface area (Å²) in [5.74, 6) is -2.60. The number of hydrogen-bond donors (Lipinski definition) is 1. The van der Waals surface area contributed by atoms with Crippen LogP contribution < -0.4 is 5.32 Å². The van der Waals surface area contributed by atoms with Gasteiger partial charge in [0.15, 0.2) is 6.61 Å². The first-order valence-corrected chi connectivity index (χ1v) is 6.84. The van der Waals surface area contributed by atoms with Crippen molar-refractivity contribution in [1.29, 1.82) is 0 Å². The lowest BCUT2D eigenvalue weighted by molar-refractivity contribution is -0.147. The molecule has 0 aliphatic rings. The first kappa shape index (κ1) is 16.4. The quantitative estimate of drug-likeness (QED) is 0.855. The third-order valence-electron chi connectivity index (χ3n) is 2.95. The first-order valence-electron chi connectivity index (χ1n) is 6.84. The van der Waals surface area contributed by atoms with Crippen molar-refractivity contribution in [2.75, 3.05) is 6.61 Å². The number of nitrogens with one attached hydrogen (secondary N) is 1. The normalized spacial score (nSPS) is 9.96. The average molecular weight is 315 g/mol. The Morgan fingerprint density at radius 3 is 2.30 bits per heavy atom. The van der Waals surface area contributed by atoms with Gasteiger partial charge in [0.25, 0.3) is 11.8 Å². The van der Waals surface area contributed by atoms with Gasteiger partial charge < -0.3 is 4.74 Å². The molecule has 0 saturated heterocycles. The number of halogens is 1. The van der Waals surface area contributed by atoms with Gasteiger partial charge >= 0.3 is 5.97 Å². The Morgan fingerprint density at radius 1 is 0.957 bits per heavy atom. The smallest absolute Gasteiger partial charge is 0.310 e. The summed E-state index contributed by atoms with van der Waals surface area (Å²) in [6.07, 6.45) is -0.285. The Hall–Kier alpha value is -3.02. The van der Waals surface area contributed by atoms with E-state index in [9.17, 15) is 18.8 Å². The molecule has 0 aliphatic carbocycles. The number of hydrogen-bond acceptors (Lipinski definition) is 4. The summed E-state index contributed by atoms with van der Waals surface area (Å²) in [7, 11) is 0. The molecule has 23 heavy (non-hydrogen) atoms. The van der Waals surface area contributed by atoms with Crippen molar-refractivity contribution in [3.05, 3.63) is 71.5 Å². The maximum Gasteiger partial charge on any atom is 0.310 e. The molecule has 0 fully saturated rings. The van der Waals surface area contributed by atoms with Crippen LogP contribution in [0.25, 0.3) is 0 Å². The number of benzene rings is 2. The van der Waals surface area contributed by atoms with Gasteiger partial charge in [-0.1, -0.05) is 36.4 Å². The molecule has 0 saturated carbocycles. The zero-order valence-corrected chi connectivity index (χ0v) is 12.1. The second kappa shape index (κ2) is 7.84. The van der Waals surface area contributed by atoms with Crippen LogP contribution in [-0.4, -0.2) is 24.4 Å². The van der Waals surface area contributed by atoms with Gasteiger partial charge in [0, 0.05) is 5.56 Å². The van der Waals surface area contributed by atoms with E-state index in [2.05, 4.69) is 5.32 Å². The Bertz CT molecular complexity index is 716. The second-order valence-electron chi connectivity index (χ2n) is 4.67. The van der Waals surface area contributed by atoms with Crippen LogP contribution >= 0.6 is 0 Å². The molecular formula is C17H14FNO4. The first-order chi connectivity index (χ1) is 11.1. The lowest BCUT2D eigenvalue weighted by Gasteiger charge is -2.06. The Labute approximate surface area is 132 Å². The van der Waals surface area contributed by atoms with Crippen molar-refractivity contribution in [1.82, 2.24) is 5.32 Å². The highest BCUT2D eigenvalue weighted by molar-refractivity contribution is 6.05. The minimum absolute atomic E-state index is 0.179. The molecule has 2 amide bonds. The van der Waals surface area contributed by atoms with Crippen molar-refractivity contribution < 1.29 is 23.5 Å². The molecule has 2 aromatic carbocycles. The van der Waals surface area contributed by atoms with E-state index in [4.69, 9.17) is 4.74 Å². The summed E-state index contributed by atoms with van der Waals surface area (Å²) in [6.45, 7) is -0.605. The van der Waals surface area contributed by atoms with Gasteiger partial charge in [-0.25, -0.2) is 4.39 Å². The van der Waals surface area contributed by atoms with Gasteiger partial charge in [-0.05, 0) is 23.8 Å². The van der Waals surface area contributed by atoms with Crippen LogP contribution in [0, 0.1) is 5.82 Å². The number of rotatable bonds is 5. The molecule has 0 unspecified atom stereocenters. The lowest BCUT2D eigenvalue weighted by atomic mass is 10.1. The fourth-order valence-corrected chi connectivity index (χ4v) is 1.82. The number of carbonyl (C=O) groups is 3. The summed E-state index contributed by atoms with van der Waals surface area (Å²) in [5, 5.41) is 2.10. The summed E-state index contributed by atoms with van der Waals surface area (Å²) in [5.41, 5.74) is 0.497. The van der Waals surface area contributed by atoms with Crippen molar-refractivity contribution in [2.45, 2.75) is 6.42 Å². The molecule has 1 N–H and O–H groups in total. The summed E-state index contributed by atoms with van der Waals surface area (Å²) >= 11 is 0. The molecule has 0 aliphatic heterocycles. The van der Waals surface area contributed by atoms with E-state index in [1.54, 1.807) is 36.4 Å². The van der Waals surface area contributed by atoms with Crippen LogP contribution in [0.2, 0.25) is 0 Å². The fourth-order valence-electron chi connectivity index (χ4n) is 1.82. The monoisotopic (exact) mass is 315 g/mol. The predicted octanol–water partition coefficient (Wildman–Crippen LogP) is 1.87. The largest absolute Gasteiger partial charge is 0.455 e. The average Bonchev–Trinajstić information content (AvgIpc) is 2.56. The minimum atomic E-state index is -0.752. The van der Waals surface area contributed by atoms with Crippen LogP contribution in [0.3, 0.4) is 0 Å². The molecule has 0 atom stereocenters. The summed E-state index contributed by atoms with van der Waals surface area (Å²) in [4.78, 5) is 34.9. The highest BCUT2D eigenvalue weighted by Gasteiger charge is 2.13. The van der Waals surface area contributed by atoms with E-state index in [0.717, 1.165) is 0 Å². The SMILES string of the molecule is O=C(COC(=O)Cc1ccccc1F)NC(=O)c1ccccc1. The Kier molecular flexibility index (Phi) is 5.57. The van der Waals surface area contributed by atoms with Crippen LogP contribution in [0.15, 0.2) is 54.6 Å². The van der Waals surface area contributed by atoms with Crippen molar-refractivity contribution >= 4 is 17.8 Å². The van der Waals surface area contributed by atoms with Gasteiger partial charge in [-0.15, -0.1) is 0 Å². The third-order valence-corrected chi connectivity index (χ3v) is 2.95. The third kappa shape index (κ3) is 5.03. The molecule has 0 bridgehead atoms. The zero-order chi connectivity index (χ0) is 16.7. The highest BCUT2D eigenvalue weighted by atomic mass is 19.1. The molecule has 0 spiro atoms. The molecule has 2 rings (SSSR count). The van der Waals surface area contributed by atoms with E-state index >= 15 is 0 Å². The predicted molar refractivity (Wildman–Crippen MR) is 80.0 cm³/mol. The van der Waals surface area contributed by atoms with Gasteiger partial charge in [-0.2, -0.15) is 0 Å². The van der Waals surface area contributed by atoms with Gasteiger partial charge in [-0.3, -0.25) is 19.7 Å². The van der Waals surface area contributed by atoms with E-state index in [-0.39, 0.29) is 12.0 Å². The van der Waals surface area contributed by atoms with E-state index < -0.39 is 30.2 Å². The number of imide groups is 1. The van der Waals surface area contributed by atoms with Crippen LogP contribution in [0.4, 0.5) is 4.39 Å². The van der Waals surface area contributed by atoms with E-state index in [1.165, 1.54) is 18.2 Å². The molecule has 118 valence electrons. The fraction of sp³-hybridized carbons (Fsp3) is 0.118. The van der Waals surface area contributed by atoms with Crippen LogP contribution in [-0.2, 0) is 20.7 Å². The number of esters is 1. The Morgan fingerprint density at radius 2 is 1.61 bits per heavy atom. The topological polar surface area (TPSA) is 72.5 Å². The maximum absolute atomic E-state index is 13.4. The molecule has 2 aromatic rings. The lowest BCUT2D eigenvalue weighted by Crippen LogP contribution is -2.34. The van der Waals surface area contributed by atoms with Crippen molar-refractivity contribution in [3.63, 3.8) is 0 Å². The molecule has 0 radical (unpaired) electrons.